The Bertz CT molecular complexity index is 360. The normalized spacial score (nSPS) is 11.1. The summed E-state index contributed by atoms with van der Waals surface area (Å²) in [4.78, 5) is 0. The Kier molecular flexibility index (Phi) is 5.76. The number of benzene rings is 1. The number of halogens is 1. The van der Waals surface area contributed by atoms with E-state index in [0.29, 0.717) is 6.42 Å². The molecule has 15 heavy (non-hydrogen) atoms. The van der Waals surface area contributed by atoms with E-state index in [0.717, 1.165) is 16.9 Å². The minimum absolute atomic E-state index is 0. The maximum absolute atomic E-state index is 8.53. The van der Waals surface area contributed by atoms with Gasteiger partial charge in [-0.2, -0.15) is 5.26 Å². The highest BCUT2D eigenvalue weighted by molar-refractivity contribution is 5.85. The van der Waals surface area contributed by atoms with Crippen molar-refractivity contribution in [3.05, 3.63) is 29.3 Å². The van der Waals surface area contributed by atoms with E-state index in [-0.39, 0.29) is 18.4 Å². The van der Waals surface area contributed by atoms with Gasteiger partial charge in [0.15, 0.2) is 0 Å². The number of hydrogen-bond donors (Lipinski definition) is 1. The van der Waals surface area contributed by atoms with E-state index >= 15 is 0 Å². The molecule has 1 atom stereocenters. The Hall–Kier alpha value is -1.24. The lowest BCUT2D eigenvalue weighted by molar-refractivity contribution is 0.414. The summed E-state index contributed by atoms with van der Waals surface area (Å²) in [7, 11) is 1.63. The minimum Gasteiger partial charge on any atom is -0.497 e. The van der Waals surface area contributed by atoms with Gasteiger partial charge in [0.05, 0.1) is 19.6 Å². The van der Waals surface area contributed by atoms with Crippen LogP contribution in [0.25, 0.3) is 0 Å². The van der Waals surface area contributed by atoms with Gasteiger partial charge in [-0.1, -0.05) is 6.07 Å². The highest BCUT2D eigenvalue weighted by Crippen LogP contribution is 2.22. The van der Waals surface area contributed by atoms with Gasteiger partial charge < -0.3 is 10.5 Å². The first-order valence-corrected chi connectivity index (χ1v) is 4.46. The summed E-state index contributed by atoms with van der Waals surface area (Å²) in [6.45, 7) is 1.97. The van der Waals surface area contributed by atoms with E-state index in [1.54, 1.807) is 7.11 Å². The van der Waals surface area contributed by atoms with Gasteiger partial charge in [-0.3, -0.25) is 0 Å². The molecule has 0 unspecified atom stereocenters. The number of hydrogen-bond acceptors (Lipinski definition) is 3. The van der Waals surface area contributed by atoms with E-state index < -0.39 is 0 Å². The zero-order valence-corrected chi connectivity index (χ0v) is 9.67. The monoisotopic (exact) mass is 226 g/mol. The van der Waals surface area contributed by atoms with Crippen molar-refractivity contribution in [1.29, 1.82) is 5.26 Å². The molecule has 0 heterocycles. The van der Waals surface area contributed by atoms with E-state index in [2.05, 4.69) is 6.07 Å². The maximum Gasteiger partial charge on any atom is 0.119 e. The third-order valence-corrected chi connectivity index (χ3v) is 2.19. The van der Waals surface area contributed by atoms with Gasteiger partial charge in [0, 0.05) is 6.04 Å². The smallest absolute Gasteiger partial charge is 0.119 e. The molecular weight excluding hydrogens is 212 g/mol. The average Bonchev–Trinajstić information content (AvgIpc) is 2.17. The van der Waals surface area contributed by atoms with E-state index in [1.165, 1.54) is 0 Å². The number of nitrogens with zero attached hydrogens (tertiary/aromatic N) is 1. The third kappa shape index (κ3) is 3.43. The molecule has 2 N–H and O–H groups in total. The molecule has 0 bridgehead atoms. The Morgan fingerprint density at radius 2 is 2.20 bits per heavy atom. The average molecular weight is 227 g/mol. The number of ether oxygens (including phenoxy) is 1. The SMILES string of the molecule is COc1ccc([C@H](N)CC#N)c(C)c1.Cl. The highest BCUT2D eigenvalue weighted by atomic mass is 35.5. The minimum atomic E-state index is -0.203. The summed E-state index contributed by atoms with van der Waals surface area (Å²) in [6, 6.07) is 7.56. The molecule has 0 aliphatic heterocycles. The van der Waals surface area contributed by atoms with Crippen molar-refractivity contribution in [3.8, 4) is 11.8 Å². The zero-order valence-electron chi connectivity index (χ0n) is 8.86. The third-order valence-electron chi connectivity index (χ3n) is 2.19. The van der Waals surface area contributed by atoms with Gasteiger partial charge in [-0.15, -0.1) is 12.4 Å². The van der Waals surface area contributed by atoms with E-state index in [1.807, 2.05) is 25.1 Å². The number of methoxy groups -OCH3 is 1. The molecule has 1 rings (SSSR count). The second kappa shape index (κ2) is 6.28. The van der Waals surface area contributed by atoms with E-state index in [4.69, 9.17) is 15.7 Å². The fraction of sp³-hybridized carbons (Fsp3) is 0.364. The zero-order chi connectivity index (χ0) is 10.6. The number of nitriles is 1. The van der Waals surface area contributed by atoms with Crippen molar-refractivity contribution < 1.29 is 4.74 Å². The first kappa shape index (κ1) is 13.8. The van der Waals surface area contributed by atoms with Crippen LogP contribution in [0.4, 0.5) is 0 Å². The van der Waals surface area contributed by atoms with Crippen LogP contribution in [-0.4, -0.2) is 7.11 Å². The van der Waals surface area contributed by atoms with Crippen LogP contribution >= 0.6 is 12.4 Å². The number of rotatable bonds is 3. The van der Waals surface area contributed by atoms with Gasteiger partial charge in [-0.25, -0.2) is 0 Å². The molecule has 0 saturated heterocycles. The molecule has 0 spiro atoms. The van der Waals surface area contributed by atoms with Crippen LogP contribution in [0, 0.1) is 18.3 Å². The second-order valence-electron chi connectivity index (χ2n) is 3.19. The summed E-state index contributed by atoms with van der Waals surface area (Å²) in [5, 5.41) is 8.53. The molecule has 0 radical (unpaired) electrons. The highest BCUT2D eigenvalue weighted by Gasteiger charge is 2.08. The van der Waals surface area contributed by atoms with Crippen LogP contribution in [-0.2, 0) is 0 Å². The second-order valence-corrected chi connectivity index (χ2v) is 3.19. The Morgan fingerprint density at radius 3 is 2.67 bits per heavy atom. The van der Waals surface area contributed by atoms with Gasteiger partial charge in [0.25, 0.3) is 0 Å². The predicted octanol–water partition coefficient (Wildman–Crippen LogP) is 2.34. The first-order valence-electron chi connectivity index (χ1n) is 4.46. The van der Waals surface area contributed by atoms with Crippen LogP contribution < -0.4 is 10.5 Å². The van der Waals surface area contributed by atoms with Gasteiger partial charge in [-0.05, 0) is 30.2 Å². The van der Waals surface area contributed by atoms with Crippen LogP contribution in [0.1, 0.15) is 23.6 Å². The van der Waals surface area contributed by atoms with Crippen molar-refractivity contribution in [3.63, 3.8) is 0 Å². The van der Waals surface area contributed by atoms with Gasteiger partial charge in [0.2, 0.25) is 0 Å². The molecule has 1 aromatic carbocycles. The van der Waals surface area contributed by atoms with Crippen molar-refractivity contribution in [2.75, 3.05) is 7.11 Å². The van der Waals surface area contributed by atoms with Crippen molar-refractivity contribution in [2.45, 2.75) is 19.4 Å². The number of nitrogens with two attached hydrogens (primary N) is 1. The molecule has 0 aliphatic rings. The first-order chi connectivity index (χ1) is 6.69. The quantitative estimate of drug-likeness (QED) is 0.861. The standard InChI is InChI=1S/C11H14N2O.ClH/c1-8-7-9(14-2)3-4-10(8)11(13)5-6-12;/h3-4,7,11H,5,13H2,1-2H3;1H/t11-;/m1./s1. The molecule has 3 nitrogen and oxygen atoms in total. The molecule has 0 aliphatic carbocycles. The molecule has 0 saturated carbocycles. The van der Waals surface area contributed by atoms with E-state index in [9.17, 15) is 0 Å². The molecule has 4 heteroatoms. The Morgan fingerprint density at radius 1 is 1.53 bits per heavy atom. The van der Waals surface area contributed by atoms with Crippen molar-refractivity contribution >= 4 is 12.4 Å². The molecule has 0 aromatic heterocycles. The maximum atomic E-state index is 8.53. The fourth-order valence-electron chi connectivity index (χ4n) is 1.40. The molecule has 0 fully saturated rings. The summed E-state index contributed by atoms with van der Waals surface area (Å²) < 4.78 is 5.08. The summed E-state index contributed by atoms with van der Waals surface area (Å²) in [5.41, 5.74) is 7.90. The van der Waals surface area contributed by atoms with Crippen LogP contribution in [0.5, 0.6) is 5.75 Å². The van der Waals surface area contributed by atoms with Crippen molar-refractivity contribution in [2.24, 2.45) is 5.73 Å². The summed E-state index contributed by atoms with van der Waals surface area (Å²) >= 11 is 0. The predicted molar refractivity (Wildman–Crippen MR) is 62.1 cm³/mol. The molecule has 0 amide bonds. The lowest BCUT2D eigenvalue weighted by Gasteiger charge is -2.12. The Labute approximate surface area is 96.3 Å². The Balaban J connectivity index is 0.00000196. The van der Waals surface area contributed by atoms with Crippen molar-refractivity contribution in [1.82, 2.24) is 0 Å². The fourth-order valence-corrected chi connectivity index (χ4v) is 1.40. The summed E-state index contributed by atoms with van der Waals surface area (Å²) in [5.74, 6) is 0.815. The van der Waals surface area contributed by atoms with Crippen LogP contribution in [0.2, 0.25) is 0 Å². The summed E-state index contributed by atoms with van der Waals surface area (Å²) in [6.07, 6.45) is 0.340. The van der Waals surface area contributed by atoms with Gasteiger partial charge in [0.1, 0.15) is 5.75 Å². The topological polar surface area (TPSA) is 59.0 Å². The lowest BCUT2D eigenvalue weighted by atomic mass is 10.00. The van der Waals surface area contributed by atoms with Crippen LogP contribution in [0.3, 0.4) is 0 Å². The largest absolute Gasteiger partial charge is 0.497 e. The molecule has 82 valence electrons. The van der Waals surface area contributed by atoms with Crippen LogP contribution in [0.15, 0.2) is 18.2 Å². The van der Waals surface area contributed by atoms with Gasteiger partial charge >= 0.3 is 0 Å². The molecular formula is C11H15ClN2O. The lowest BCUT2D eigenvalue weighted by Crippen LogP contribution is -2.10. The number of aryl methyl sites for hydroxylation is 1. The molecule has 1 aromatic rings.